The molecule has 0 aromatic carbocycles. The van der Waals surface area contributed by atoms with E-state index < -0.39 is 0 Å². The number of hydrogen-bond acceptors (Lipinski definition) is 2. The highest BCUT2D eigenvalue weighted by atomic mass is 16.2. The van der Waals surface area contributed by atoms with Gasteiger partial charge in [-0.25, -0.2) is 0 Å². The molecule has 0 fully saturated rings. The zero-order chi connectivity index (χ0) is 12.2. The molecule has 0 radical (unpaired) electrons. The van der Waals surface area contributed by atoms with Crippen LogP contribution in [-0.2, 0) is 9.59 Å². The van der Waals surface area contributed by atoms with E-state index in [1.165, 1.54) is 4.90 Å². The fourth-order valence-electron chi connectivity index (χ4n) is 1.16. The second-order valence-electron chi connectivity index (χ2n) is 5.01. The molecule has 15 heavy (non-hydrogen) atoms. The molecule has 0 aromatic heterocycles. The van der Waals surface area contributed by atoms with Crippen molar-refractivity contribution in [1.82, 2.24) is 9.80 Å². The Kier molecular flexibility index (Phi) is 4.78. The molecule has 88 valence electrons. The third-order valence-corrected chi connectivity index (χ3v) is 2.15. The van der Waals surface area contributed by atoms with Gasteiger partial charge < -0.3 is 9.80 Å². The summed E-state index contributed by atoms with van der Waals surface area (Å²) in [5.41, 5.74) is -0.379. The van der Waals surface area contributed by atoms with Gasteiger partial charge in [0.1, 0.15) is 0 Å². The Morgan fingerprint density at radius 3 is 1.87 bits per heavy atom. The fourth-order valence-corrected chi connectivity index (χ4v) is 1.16. The van der Waals surface area contributed by atoms with Gasteiger partial charge in [-0.15, -0.1) is 0 Å². The third-order valence-electron chi connectivity index (χ3n) is 2.15. The summed E-state index contributed by atoms with van der Waals surface area (Å²) in [6.45, 7) is 6.10. The second-order valence-corrected chi connectivity index (χ2v) is 5.01. The van der Waals surface area contributed by atoms with Crippen molar-refractivity contribution in [2.75, 3.05) is 27.7 Å². The van der Waals surface area contributed by atoms with Crippen molar-refractivity contribution in [1.29, 1.82) is 0 Å². The number of amides is 2. The van der Waals surface area contributed by atoms with E-state index in [2.05, 4.69) is 0 Å². The predicted octanol–water partition coefficient (Wildman–Crippen LogP) is 0.969. The van der Waals surface area contributed by atoms with Crippen molar-refractivity contribution in [2.45, 2.75) is 27.2 Å². The highest BCUT2D eigenvalue weighted by Gasteiger charge is 2.24. The topological polar surface area (TPSA) is 40.6 Å². The molecule has 0 aliphatic carbocycles. The summed E-state index contributed by atoms with van der Waals surface area (Å²) < 4.78 is 0. The van der Waals surface area contributed by atoms with E-state index in [0.717, 1.165) is 0 Å². The van der Waals surface area contributed by atoms with Gasteiger partial charge >= 0.3 is 0 Å². The van der Waals surface area contributed by atoms with Crippen LogP contribution < -0.4 is 0 Å². The van der Waals surface area contributed by atoms with Crippen molar-refractivity contribution in [3.63, 3.8) is 0 Å². The molecule has 0 N–H and O–H groups in total. The molecule has 2 amide bonds. The first-order chi connectivity index (χ1) is 6.66. The molecule has 0 aliphatic rings. The van der Waals surface area contributed by atoms with Crippen LogP contribution in [0.2, 0.25) is 0 Å². The molecule has 0 aliphatic heterocycles. The number of carbonyl (C=O) groups is 2. The first-order valence-electron chi connectivity index (χ1n) is 5.12. The molecule has 0 saturated heterocycles. The SMILES string of the molecule is CN(C)C(=O)CCN(C)C(=O)C(C)(C)C. The van der Waals surface area contributed by atoms with Crippen molar-refractivity contribution in [2.24, 2.45) is 5.41 Å². The van der Waals surface area contributed by atoms with E-state index in [-0.39, 0.29) is 17.2 Å². The monoisotopic (exact) mass is 214 g/mol. The van der Waals surface area contributed by atoms with Gasteiger partial charge in [-0.1, -0.05) is 20.8 Å². The van der Waals surface area contributed by atoms with Gasteiger partial charge in [-0.2, -0.15) is 0 Å². The van der Waals surface area contributed by atoms with Crippen LogP contribution in [0.1, 0.15) is 27.2 Å². The van der Waals surface area contributed by atoms with E-state index in [1.54, 1.807) is 26.0 Å². The average molecular weight is 214 g/mol. The van der Waals surface area contributed by atoms with E-state index in [9.17, 15) is 9.59 Å². The van der Waals surface area contributed by atoms with Crippen molar-refractivity contribution < 1.29 is 9.59 Å². The van der Waals surface area contributed by atoms with Crippen molar-refractivity contribution >= 4 is 11.8 Å². The zero-order valence-corrected chi connectivity index (χ0v) is 10.6. The number of rotatable bonds is 3. The molecule has 0 saturated carbocycles. The summed E-state index contributed by atoms with van der Waals surface area (Å²) in [5, 5.41) is 0. The fraction of sp³-hybridized carbons (Fsp3) is 0.818. The van der Waals surface area contributed by atoms with E-state index in [0.29, 0.717) is 13.0 Å². The lowest BCUT2D eigenvalue weighted by Gasteiger charge is -2.26. The molecular weight excluding hydrogens is 192 g/mol. The molecule has 0 unspecified atom stereocenters. The van der Waals surface area contributed by atoms with Crippen LogP contribution in [0.15, 0.2) is 0 Å². The quantitative estimate of drug-likeness (QED) is 0.702. The van der Waals surface area contributed by atoms with E-state index in [1.807, 2.05) is 20.8 Å². The Bertz CT molecular complexity index is 241. The maximum atomic E-state index is 11.7. The summed E-state index contributed by atoms with van der Waals surface area (Å²) in [4.78, 5) is 26.2. The van der Waals surface area contributed by atoms with Crippen molar-refractivity contribution in [3.8, 4) is 0 Å². The highest BCUT2D eigenvalue weighted by molar-refractivity contribution is 5.82. The molecule has 0 spiro atoms. The first kappa shape index (κ1) is 13.9. The standard InChI is InChI=1S/C11H22N2O2/c1-11(2,3)10(15)13(6)8-7-9(14)12(4)5/h7-8H2,1-6H3. The lowest BCUT2D eigenvalue weighted by atomic mass is 9.95. The van der Waals surface area contributed by atoms with Crippen molar-refractivity contribution in [3.05, 3.63) is 0 Å². The van der Waals surface area contributed by atoms with Crippen LogP contribution >= 0.6 is 0 Å². The van der Waals surface area contributed by atoms with E-state index >= 15 is 0 Å². The molecule has 0 rings (SSSR count). The van der Waals surface area contributed by atoms with Crippen LogP contribution in [0, 0.1) is 5.41 Å². The van der Waals surface area contributed by atoms with Crippen LogP contribution in [0.25, 0.3) is 0 Å². The maximum absolute atomic E-state index is 11.7. The van der Waals surface area contributed by atoms with Gasteiger partial charge in [0.15, 0.2) is 0 Å². The van der Waals surface area contributed by atoms with Gasteiger partial charge in [0.25, 0.3) is 0 Å². The molecule has 4 nitrogen and oxygen atoms in total. The number of hydrogen-bond donors (Lipinski definition) is 0. The Labute approximate surface area is 92.2 Å². The normalized spacial score (nSPS) is 11.1. The minimum absolute atomic E-state index is 0.0450. The lowest BCUT2D eigenvalue weighted by molar-refractivity contribution is -0.138. The molecule has 0 atom stereocenters. The molecule has 0 heterocycles. The average Bonchev–Trinajstić information content (AvgIpc) is 2.10. The second kappa shape index (κ2) is 5.14. The Morgan fingerprint density at radius 2 is 1.53 bits per heavy atom. The Hall–Kier alpha value is -1.06. The summed E-state index contributed by atoms with van der Waals surface area (Å²) in [6, 6.07) is 0. The lowest BCUT2D eigenvalue weighted by Crippen LogP contribution is -2.38. The smallest absolute Gasteiger partial charge is 0.227 e. The summed E-state index contributed by atoms with van der Waals surface area (Å²) >= 11 is 0. The first-order valence-corrected chi connectivity index (χ1v) is 5.12. The van der Waals surface area contributed by atoms with Crippen LogP contribution in [0.4, 0.5) is 0 Å². The summed E-state index contributed by atoms with van der Waals surface area (Å²) in [5.74, 6) is 0.109. The third kappa shape index (κ3) is 4.81. The predicted molar refractivity (Wildman–Crippen MR) is 60.4 cm³/mol. The summed E-state index contributed by atoms with van der Waals surface area (Å²) in [6.07, 6.45) is 0.380. The molecule has 0 aromatic rings. The van der Waals surface area contributed by atoms with E-state index in [4.69, 9.17) is 0 Å². The van der Waals surface area contributed by atoms with Gasteiger partial charge in [-0.05, 0) is 0 Å². The summed E-state index contributed by atoms with van der Waals surface area (Å²) in [7, 11) is 5.17. The van der Waals surface area contributed by atoms with Gasteiger partial charge in [0.2, 0.25) is 11.8 Å². The van der Waals surface area contributed by atoms with Crippen LogP contribution in [0.5, 0.6) is 0 Å². The van der Waals surface area contributed by atoms with Gasteiger partial charge in [0.05, 0.1) is 0 Å². The Morgan fingerprint density at radius 1 is 1.07 bits per heavy atom. The van der Waals surface area contributed by atoms with Crippen LogP contribution in [0.3, 0.4) is 0 Å². The number of carbonyl (C=O) groups excluding carboxylic acids is 2. The van der Waals surface area contributed by atoms with Gasteiger partial charge in [-0.3, -0.25) is 9.59 Å². The molecule has 4 heteroatoms. The largest absolute Gasteiger partial charge is 0.349 e. The Balaban J connectivity index is 4.11. The zero-order valence-electron chi connectivity index (χ0n) is 10.6. The highest BCUT2D eigenvalue weighted by Crippen LogP contribution is 2.16. The van der Waals surface area contributed by atoms with Gasteiger partial charge in [0, 0.05) is 39.5 Å². The van der Waals surface area contributed by atoms with Crippen LogP contribution in [-0.4, -0.2) is 49.3 Å². The molecular formula is C11H22N2O2. The minimum Gasteiger partial charge on any atom is -0.349 e. The number of nitrogens with zero attached hydrogens (tertiary/aromatic N) is 2. The maximum Gasteiger partial charge on any atom is 0.227 e. The minimum atomic E-state index is -0.379. The molecule has 0 bridgehead atoms.